The number of thioether (sulfide) groups is 1. The Kier molecular flexibility index (Phi) is 5.49. The number of furan rings is 1. The van der Waals surface area contributed by atoms with Gasteiger partial charge in [0.05, 0.1) is 23.8 Å². The molecule has 6 nitrogen and oxygen atoms in total. The van der Waals surface area contributed by atoms with Gasteiger partial charge < -0.3 is 9.15 Å². The lowest BCUT2D eigenvalue weighted by molar-refractivity contribution is 0.0563. The molecule has 3 rings (SSSR count). The average molecular weight is 391 g/mol. The maximum Gasteiger partial charge on any atom is 0.373 e. The molecule has 26 heavy (non-hydrogen) atoms. The average Bonchev–Trinajstić information content (AvgIpc) is 3.11. The number of fused-ring (bicyclic) bond motifs is 1. The highest BCUT2D eigenvalue weighted by Crippen LogP contribution is 2.24. The van der Waals surface area contributed by atoms with E-state index >= 15 is 0 Å². The third-order valence-corrected chi connectivity index (χ3v) is 4.82. The van der Waals surface area contributed by atoms with Crippen LogP contribution in [0.1, 0.15) is 16.3 Å². The van der Waals surface area contributed by atoms with E-state index in [9.17, 15) is 9.59 Å². The van der Waals surface area contributed by atoms with E-state index in [0.717, 1.165) is 0 Å². The summed E-state index contributed by atoms with van der Waals surface area (Å²) in [5.41, 5.74) is 0.365. The van der Waals surface area contributed by atoms with Crippen molar-refractivity contribution in [2.45, 2.75) is 17.5 Å². The molecule has 0 saturated carbocycles. The third-order valence-electron chi connectivity index (χ3n) is 3.59. The minimum Gasteiger partial charge on any atom is -0.463 e. The first-order valence-electron chi connectivity index (χ1n) is 7.64. The van der Waals surface area contributed by atoms with Crippen LogP contribution in [0.25, 0.3) is 10.9 Å². The molecular formula is C18H15ClN2O4S. The monoisotopic (exact) mass is 390 g/mol. The van der Waals surface area contributed by atoms with Gasteiger partial charge in [-0.15, -0.1) is 6.58 Å². The fourth-order valence-corrected chi connectivity index (χ4v) is 3.44. The number of halogens is 1. The van der Waals surface area contributed by atoms with Gasteiger partial charge in [-0.3, -0.25) is 9.36 Å². The number of allylic oxidation sites excluding steroid dienone is 1. The Morgan fingerprint density at radius 3 is 2.96 bits per heavy atom. The number of carbonyl (C=O) groups excluding carboxylic acids is 1. The molecule has 0 aliphatic carbocycles. The Labute approximate surface area is 158 Å². The quantitative estimate of drug-likeness (QED) is 0.275. The highest BCUT2D eigenvalue weighted by atomic mass is 35.5. The molecule has 2 aromatic heterocycles. The van der Waals surface area contributed by atoms with Crippen LogP contribution in [0.3, 0.4) is 0 Å². The van der Waals surface area contributed by atoms with E-state index in [4.69, 9.17) is 16.0 Å². The largest absolute Gasteiger partial charge is 0.463 e. The zero-order chi connectivity index (χ0) is 18.7. The molecule has 0 spiro atoms. The van der Waals surface area contributed by atoms with Gasteiger partial charge in [0, 0.05) is 11.6 Å². The fourth-order valence-electron chi connectivity index (χ4n) is 2.38. The van der Waals surface area contributed by atoms with Crippen LogP contribution < -0.4 is 5.56 Å². The van der Waals surface area contributed by atoms with Crippen LogP contribution in [0.5, 0.6) is 0 Å². The predicted octanol–water partition coefficient (Wildman–Crippen LogP) is 3.91. The molecule has 0 saturated heterocycles. The number of methoxy groups -OCH3 is 1. The zero-order valence-electron chi connectivity index (χ0n) is 13.9. The first-order valence-corrected chi connectivity index (χ1v) is 9.00. The second kappa shape index (κ2) is 7.80. The van der Waals surface area contributed by atoms with Crippen LogP contribution >= 0.6 is 23.4 Å². The molecule has 1 aromatic carbocycles. The molecule has 3 aromatic rings. The van der Waals surface area contributed by atoms with E-state index in [-0.39, 0.29) is 11.3 Å². The number of nitrogens with zero attached hydrogens (tertiary/aromatic N) is 2. The van der Waals surface area contributed by atoms with Crippen LogP contribution in [-0.4, -0.2) is 22.6 Å². The van der Waals surface area contributed by atoms with Gasteiger partial charge >= 0.3 is 5.97 Å². The van der Waals surface area contributed by atoms with Crippen LogP contribution in [-0.2, 0) is 17.0 Å². The summed E-state index contributed by atoms with van der Waals surface area (Å²) in [6.45, 7) is 4.03. The first kappa shape index (κ1) is 18.3. The van der Waals surface area contributed by atoms with E-state index < -0.39 is 5.97 Å². The number of carbonyl (C=O) groups is 1. The van der Waals surface area contributed by atoms with Crippen molar-refractivity contribution in [1.82, 2.24) is 9.55 Å². The van der Waals surface area contributed by atoms with E-state index in [1.807, 2.05) is 0 Å². The summed E-state index contributed by atoms with van der Waals surface area (Å²) in [6.07, 6.45) is 1.64. The lowest BCUT2D eigenvalue weighted by Crippen LogP contribution is -2.22. The fraction of sp³-hybridized carbons (Fsp3) is 0.167. The van der Waals surface area contributed by atoms with Crippen molar-refractivity contribution >= 4 is 40.2 Å². The standard InChI is InChI=1S/C18H15ClN2O4S/c1-3-8-21-16(22)13-6-4-11(19)9-14(13)20-18(21)26-10-12-5-7-15(25-12)17(23)24-2/h3-7,9H,1,8,10H2,2H3. The number of esters is 1. The molecule has 0 amide bonds. The number of benzene rings is 1. The van der Waals surface area contributed by atoms with Gasteiger partial charge in [-0.1, -0.05) is 29.4 Å². The summed E-state index contributed by atoms with van der Waals surface area (Å²) >= 11 is 7.34. The SMILES string of the molecule is C=CCn1c(SCc2ccc(C(=O)OC)o2)nc2cc(Cl)ccc2c1=O. The summed E-state index contributed by atoms with van der Waals surface area (Å²) in [6, 6.07) is 8.22. The molecule has 0 aliphatic heterocycles. The van der Waals surface area contributed by atoms with Gasteiger partial charge in [0.2, 0.25) is 5.76 Å². The molecular weight excluding hydrogens is 376 g/mol. The van der Waals surface area contributed by atoms with Crippen LogP contribution in [0.4, 0.5) is 0 Å². The molecule has 0 fully saturated rings. The third kappa shape index (κ3) is 3.68. The van der Waals surface area contributed by atoms with E-state index in [1.165, 1.54) is 23.4 Å². The van der Waals surface area contributed by atoms with Gasteiger partial charge in [-0.2, -0.15) is 0 Å². The molecule has 0 radical (unpaired) electrons. The molecule has 2 heterocycles. The van der Waals surface area contributed by atoms with Gasteiger partial charge in [0.15, 0.2) is 5.16 Å². The van der Waals surface area contributed by atoms with Crippen molar-refractivity contribution in [2.75, 3.05) is 7.11 Å². The Balaban J connectivity index is 1.94. The van der Waals surface area contributed by atoms with Gasteiger partial charge in [0.25, 0.3) is 5.56 Å². The molecule has 8 heteroatoms. The first-order chi connectivity index (χ1) is 12.5. The second-order valence-electron chi connectivity index (χ2n) is 5.31. The summed E-state index contributed by atoms with van der Waals surface area (Å²) in [4.78, 5) is 28.7. The zero-order valence-corrected chi connectivity index (χ0v) is 15.5. The van der Waals surface area contributed by atoms with Crippen molar-refractivity contribution in [3.8, 4) is 0 Å². The lowest BCUT2D eigenvalue weighted by atomic mass is 10.2. The summed E-state index contributed by atoms with van der Waals surface area (Å²) in [5.74, 6) is 0.557. The van der Waals surface area contributed by atoms with E-state index in [0.29, 0.717) is 39.1 Å². The van der Waals surface area contributed by atoms with Gasteiger partial charge in [-0.25, -0.2) is 9.78 Å². The number of aromatic nitrogens is 2. The Morgan fingerprint density at radius 2 is 2.23 bits per heavy atom. The molecule has 0 atom stereocenters. The van der Waals surface area contributed by atoms with Crippen molar-refractivity contribution in [2.24, 2.45) is 0 Å². The van der Waals surface area contributed by atoms with Crippen molar-refractivity contribution < 1.29 is 13.9 Å². The molecule has 0 N–H and O–H groups in total. The lowest BCUT2D eigenvalue weighted by Gasteiger charge is -2.11. The van der Waals surface area contributed by atoms with Gasteiger partial charge in [0.1, 0.15) is 5.76 Å². The van der Waals surface area contributed by atoms with Crippen molar-refractivity contribution in [3.05, 3.63) is 69.9 Å². The highest BCUT2D eigenvalue weighted by molar-refractivity contribution is 7.98. The topological polar surface area (TPSA) is 74.3 Å². The maximum absolute atomic E-state index is 12.7. The molecule has 0 unspecified atom stereocenters. The van der Waals surface area contributed by atoms with Crippen LogP contribution in [0.15, 0.2) is 57.4 Å². The molecule has 134 valence electrons. The Hall–Kier alpha value is -2.51. The predicted molar refractivity (Wildman–Crippen MR) is 101 cm³/mol. The highest BCUT2D eigenvalue weighted by Gasteiger charge is 2.14. The normalized spacial score (nSPS) is 10.8. The number of hydrogen-bond donors (Lipinski definition) is 0. The Bertz CT molecular complexity index is 1040. The number of rotatable bonds is 6. The van der Waals surface area contributed by atoms with Crippen LogP contribution in [0, 0.1) is 0 Å². The molecule has 0 aliphatic rings. The minimum absolute atomic E-state index is 0.129. The van der Waals surface area contributed by atoms with E-state index in [2.05, 4.69) is 16.3 Å². The van der Waals surface area contributed by atoms with E-state index in [1.54, 1.807) is 36.4 Å². The smallest absolute Gasteiger partial charge is 0.373 e. The Morgan fingerprint density at radius 1 is 1.42 bits per heavy atom. The number of hydrogen-bond acceptors (Lipinski definition) is 6. The maximum atomic E-state index is 12.7. The summed E-state index contributed by atoms with van der Waals surface area (Å²) in [7, 11) is 1.29. The summed E-state index contributed by atoms with van der Waals surface area (Å²) in [5, 5.41) is 1.52. The minimum atomic E-state index is -0.539. The van der Waals surface area contributed by atoms with Crippen molar-refractivity contribution in [1.29, 1.82) is 0 Å². The second-order valence-corrected chi connectivity index (χ2v) is 6.69. The molecule has 0 bridgehead atoms. The summed E-state index contributed by atoms with van der Waals surface area (Å²) < 4.78 is 11.6. The van der Waals surface area contributed by atoms with Gasteiger partial charge in [-0.05, 0) is 30.3 Å². The van der Waals surface area contributed by atoms with Crippen LogP contribution in [0.2, 0.25) is 5.02 Å². The van der Waals surface area contributed by atoms with Crippen molar-refractivity contribution in [3.63, 3.8) is 0 Å². The number of ether oxygens (including phenoxy) is 1.